The normalized spacial score (nSPS) is 31.9. The maximum atomic E-state index is 13.3. The van der Waals surface area contributed by atoms with E-state index in [4.69, 9.17) is 0 Å². The van der Waals surface area contributed by atoms with Crippen LogP contribution in [0.4, 0.5) is 8.78 Å². The predicted octanol–water partition coefficient (Wildman–Crippen LogP) is 7.46. The zero-order chi connectivity index (χ0) is 19.7. The number of alkyl halides is 2. The van der Waals surface area contributed by atoms with Gasteiger partial charge >= 0.3 is 5.97 Å². The zero-order valence-electron chi connectivity index (χ0n) is 17.2. The summed E-state index contributed by atoms with van der Waals surface area (Å²) in [4.78, 5) is 11.2. The number of carboxylic acids is 1. The lowest BCUT2D eigenvalue weighted by atomic mass is 9.57. The first-order chi connectivity index (χ1) is 13.0. The van der Waals surface area contributed by atoms with Gasteiger partial charge in [0.2, 0.25) is 6.43 Å². The van der Waals surface area contributed by atoms with Crippen molar-refractivity contribution in [2.45, 2.75) is 116 Å². The third-order valence-corrected chi connectivity index (χ3v) is 7.57. The van der Waals surface area contributed by atoms with Crippen molar-refractivity contribution >= 4 is 5.97 Å². The number of halogens is 2. The average Bonchev–Trinajstić information content (AvgIpc) is 2.65. The number of aliphatic carboxylic acids is 1. The predicted molar refractivity (Wildman–Crippen MR) is 106 cm³/mol. The summed E-state index contributed by atoms with van der Waals surface area (Å²) < 4.78 is 26.7. The first-order valence-corrected chi connectivity index (χ1v) is 11.5. The standard InChI is InChI=1S/C23H40F2O2/c1-2-3-4-5-6-7-8-18-9-11-20(12-10-18)23(17-21(24)25)15-13-19(14-16-23)22(26)27/h18-21H,2-17H2,1H3,(H,26,27). The van der Waals surface area contributed by atoms with Gasteiger partial charge in [0.25, 0.3) is 0 Å². The second kappa shape index (κ2) is 11.4. The lowest BCUT2D eigenvalue weighted by Gasteiger charge is -2.47. The Kier molecular flexibility index (Phi) is 9.52. The molecule has 0 aromatic heterocycles. The van der Waals surface area contributed by atoms with Crippen molar-refractivity contribution in [3.05, 3.63) is 0 Å². The molecule has 1 N–H and O–H groups in total. The number of unbranched alkanes of at least 4 members (excludes halogenated alkanes) is 5. The molecule has 158 valence electrons. The molecule has 0 bridgehead atoms. The zero-order valence-corrected chi connectivity index (χ0v) is 17.2. The molecule has 0 spiro atoms. The molecule has 0 aliphatic heterocycles. The Hall–Kier alpha value is -0.670. The number of carbonyl (C=O) groups is 1. The van der Waals surface area contributed by atoms with Crippen LogP contribution in [-0.2, 0) is 4.79 Å². The summed E-state index contributed by atoms with van der Waals surface area (Å²) in [6.45, 7) is 2.24. The van der Waals surface area contributed by atoms with Crippen LogP contribution in [0, 0.1) is 23.2 Å². The molecule has 2 saturated carbocycles. The summed E-state index contributed by atoms with van der Waals surface area (Å²) in [5.74, 6) is 0.0940. The molecule has 0 unspecified atom stereocenters. The minimum atomic E-state index is -2.27. The monoisotopic (exact) mass is 386 g/mol. The van der Waals surface area contributed by atoms with Crippen LogP contribution in [0.2, 0.25) is 0 Å². The molecule has 2 rings (SSSR count). The smallest absolute Gasteiger partial charge is 0.306 e. The van der Waals surface area contributed by atoms with Crippen molar-refractivity contribution < 1.29 is 18.7 Å². The summed E-state index contributed by atoms with van der Waals surface area (Å²) in [6, 6.07) is 0. The fourth-order valence-corrected chi connectivity index (χ4v) is 5.80. The molecule has 2 nitrogen and oxygen atoms in total. The van der Waals surface area contributed by atoms with Gasteiger partial charge in [-0.1, -0.05) is 64.7 Å². The molecule has 0 atom stereocenters. The van der Waals surface area contributed by atoms with Gasteiger partial charge in [0.05, 0.1) is 5.92 Å². The molecular formula is C23H40F2O2. The van der Waals surface area contributed by atoms with Crippen molar-refractivity contribution in [3.8, 4) is 0 Å². The van der Waals surface area contributed by atoms with Crippen molar-refractivity contribution in [2.24, 2.45) is 23.2 Å². The Morgan fingerprint density at radius 2 is 1.56 bits per heavy atom. The first kappa shape index (κ1) is 22.6. The van der Waals surface area contributed by atoms with Gasteiger partial charge in [0, 0.05) is 6.42 Å². The number of carboxylic acid groups (broad SMARTS) is 1. The quantitative estimate of drug-likeness (QED) is 0.374. The highest BCUT2D eigenvalue weighted by Crippen LogP contribution is 2.53. The minimum absolute atomic E-state index is 0.0217. The van der Waals surface area contributed by atoms with Gasteiger partial charge in [0.15, 0.2) is 0 Å². The summed E-state index contributed by atoms with van der Waals surface area (Å²) in [6.07, 6.45) is 14.1. The van der Waals surface area contributed by atoms with Crippen LogP contribution in [0.3, 0.4) is 0 Å². The van der Waals surface area contributed by atoms with Crippen molar-refractivity contribution in [1.82, 2.24) is 0 Å². The van der Waals surface area contributed by atoms with Gasteiger partial charge in [-0.3, -0.25) is 4.79 Å². The van der Waals surface area contributed by atoms with E-state index < -0.39 is 12.4 Å². The van der Waals surface area contributed by atoms with E-state index in [1.807, 2.05) is 0 Å². The van der Waals surface area contributed by atoms with Crippen LogP contribution in [0.5, 0.6) is 0 Å². The SMILES string of the molecule is CCCCCCCCC1CCC(C2(CC(F)F)CCC(C(=O)O)CC2)CC1. The number of rotatable bonds is 11. The van der Waals surface area contributed by atoms with Crippen molar-refractivity contribution in [2.75, 3.05) is 0 Å². The van der Waals surface area contributed by atoms with Crippen molar-refractivity contribution in [3.63, 3.8) is 0 Å². The molecule has 27 heavy (non-hydrogen) atoms. The number of hydrogen-bond donors (Lipinski definition) is 1. The summed E-state index contributed by atoms with van der Waals surface area (Å²) in [5.41, 5.74) is -0.300. The first-order valence-electron chi connectivity index (χ1n) is 11.5. The van der Waals surface area contributed by atoms with Crippen LogP contribution in [-0.4, -0.2) is 17.5 Å². The number of hydrogen-bond acceptors (Lipinski definition) is 1. The Bertz CT molecular complexity index is 422. The molecule has 0 radical (unpaired) electrons. The molecule has 2 fully saturated rings. The highest BCUT2D eigenvalue weighted by Gasteiger charge is 2.45. The summed E-state index contributed by atoms with van der Waals surface area (Å²) in [5, 5.41) is 9.24. The third kappa shape index (κ3) is 7.02. The maximum Gasteiger partial charge on any atom is 0.306 e. The van der Waals surface area contributed by atoms with E-state index in [-0.39, 0.29) is 17.8 Å². The summed E-state index contributed by atoms with van der Waals surface area (Å²) in [7, 11) is 0. The highest BCUT2D eigenvalue weighted by atomic mass is 19.3. The van der Waals surface area contributed by atoms with Gasteiger partial charge in [-0.2, -0.15) is 0 Å². The second-order valence-electron chi connectivity index (χ2n) is 9.34. The largest absolute Gasteiger partial charge is 0.481 e. The van der Waals surface area contributed by atoms with Gasteiger partial charge < -0.3 is 5.11 Å². The van der Waals surface area contributed by atoms with Crippen LogP contribution >= 0.6 is 0 Å². The van der Waals surface area contributed by atoms with Crippen LogP contribution in [0.15, 0.2) is 0 Å². The molecule has 0 aromatic rings. The molecule has 2 aliphatic carbocycles. The fraction of sp³-hybridized carbons (Fsp3) is 0.957. The van der Waals surface area contributed by atoms with E-state index in [0.29, 0.717) is 31.6 Å². The van der Waals surface area contributed by atoms with E-state index in [1.165, 1.54) is 57.8 Å². The fourth-order valence-electron chi connectivity index (χ4n) is 5.80. The molecule has 4 heteroatoms. The lowest BCUT2D eigenvalue weighted by Crippen LogP contribution is -2.40. The van der Waals surface area contributed by atoms with Gasteiger partial charge in [-0.25, -0.2) is 8.78 Å². The molecule has 2 aliphatic rings. The topological polar surface area (TPSA) is 37.3 Å². The van der Waals surface area contributed by atoms with E-state index in [0.717, 1.165) is 18.8 Å². The van der Waals surface area contributed by atoms with Crippen LogP contribution in [0.25, 0.3) is 0 Å². The Morgan fingerprint density at radius 1 is 0.963 bits per heavy atom. The average molecular weight is 387 g/mol. The molecule has 0 heterocycles. The van der Waals surface area contributed by atoms with E-state index in [1.54, 1.807) is 0 Å². The van der Waals surface area contributed by atoms with Crippen LogP contribution < -0.4 is 0 Å². The van der Waals surface area contributed by atoms with Gasteiger partial charge in [-0.05, 0) is 55.8 Å². The lowest BCUT2D eigenvalue weighted by molar-refractivity contribution is -0.144. The molecular weight excluding hydrogens is 346 g/mol. The van der Waals surface area contributed by atoms with E-state index >= 15 is 0 Å². The van der Waals surface area contributed by atoms with Crippen LogP contribution in [0.1, 0.15) is 110 Å². The summed E-state index contributed by atoms with van der Waals surface area (Å²) >= 11 is 0. The highest BCUT2D eigenvalue weighted by molar-refractivity contribution is 5.70. The molecule has 0 amide bonds. The second-order valence-corrected chi connectivity index (χ2v) is 9.34. The molecule has 0 saturated heterocycles. The van der Waals surface area contributed by atoms with E-state index in [2.05, 4.69) is 6.92 Å². The third-order valence-electron chi connectivity index (χ3n) is 7.57. The van der Waals surface area contributed by atoms with Gasteiger partial charge in [-0.15, -0.1) is 0 Å². The van der Waals surface area contributed by atoms with Gasteiger partial charge in [0.1, 0.15) is 0 Å². The Balaban J connectivity index is 1.78. The minimum Gasteiger partial charge on any atom is -0.481 e. The Morgan fingerprint density at radius 3 is 2.11 bits per heavy atom. The Labute approximate surface area is 164 Å². The molecule has 0 aromatic carbocycles. The van der Waals surface area contributed by atoms with E-state index in [9.17, 15) is 18.7 Å². The van der Waals surface area contributed by atoms with Crippen molar-refractivity contribution in [1.29, 1.82) is 0 Å². The maximum absolute atomic E-state index is 13.3.